The molecule has 1 aromatic rings. The van der Waals surface area contributed by atoms with Gasteiger partial charge in [0.2, 0.25) is 0 Å². The maximum Gasteiger partial charge on any atom is 0.534 e. The molecular formula is C10H6ClF3O5S. The fourth-order valence-corrected chi connectivity index (χ4v) is 1.77. The van der Waals surface area contributed by atoms with E-state index in [4.69, 9.17) is 16.7 Å². The summed E-state index contributed by atoms with van der Waals surface area (Å²) in [7, 11) is -5.81. The van der Waals surface area contributed by atoms with Crippen molar-refractivity contribution < 1.29 is 35.7 Å². The number of alkyl halides is 3. The van der Waals surface area contributed by atoms with Crippen LogP contribution in [-0.4, -0.2) is 25.0 Å². The van der Waals surface area contributed by atoms with E-state index in [1.165, 1.54) is 0 Å². The zero-order valence-electron chi connectivity index (χ0n) is 9.39. The van der Waals surface area contributed by atoms with Crippen LogP contribution >= 0.6 is 11.6 Å². The molecule has 0 radical (unpaired) electrons. The standard InChI is InChI=1S/C10H6ClF3O5S/c11-7-5-6(2-4-9(15)16)1-3-8(7)19-20(17,18)10(12,13)14/h1-5H,(H,15,16). The van der Waals surface area contributed by atoms with Gasteiger partial charge in [-0.2, -0.15) is 21.6 Å². The fourth-order valence-electron chi connectivity index (χ4n) is 1.02. The molecule has 0 spiro atoms. The zero-order valence-corrected chi connectivity index (χ0v) is 11.0. The van der Waals surface area contributed by atoms with Crippen molar-refractivity contribution in [2.45, 2.75) is 5.51 Å². The zero-order chi connectivity index (χ0) is 15.6. The van der Waals surface area contributed by atoms with Crippen molar-refractivity contribution in [3.8, 4) is 5.75 Å². The molecule has 0 aliphatic heterocycles. The third-order valence-electron chi connectivity index (χ3n) is 1.86. The lowest BCUT2D eigenvalue weighted by Gasteiger charge is -2.10. The molecule has 5 nitrogen and oxygen atoms in total. The summed E-state index contributed by atoms with van der Waals surface area (Å²) in [4.78, 5) is 10.3. The predicted molar refractivity (Wildman–Crippen MR) is 63.7 cm³/mol. The number of hydrogen-bond donors (Lipinski definition) is 1. The molecule has 1 rings (SSSR count). The highest BCUT2D eigenvalue weighted by atomic mass is 35.5. The first-order valence-electron chi connectivity index (χ1n) is 4.74. The Morgan fingerprint density at radius 2 is 1.95 bits per heavy atom. The number of carbonyl (C=O) groups is 1. The SMILES string of the molecule is O=C(O)C=Cc1ccc(OS(=O)(=O)C(F)(F)F)c(Cl)c1. The molecule has 0 bridgehead atoms. The lowest BCUT2D eigenvalue weighted by Crippen LogP contribution is -2.28. The Hall–Kier alpha value is -1.74. The average molecular weight is 331 g/mol. The van der Waals surface area contributed by atoms with Gasteiger partial charge >= 0.3 is 21.6 Å². The summed E-state index contributed by atoms with van der Waals surface area (Å²) < 4.78 is 61.7. The summed E-state index contributed by atoms with van der Waals surface area (Å²) in [5.41, 5.74) is -5.33. The van der Waals surface area contributed by atoms with Crippen LogP contribution in [0.5, 0.6) is 5.75 Å². The molecule has 20 heavy (non-hydrogen) atoms. The Balaban J connectivity index is 3.04. The molecule has 1 aromatic carbocycles. The van der Waals surface area contributed by atoms with Gasteiger partial charge < -0.3 is 9.29 Å². The minimum absolute atomic E-state index is 0.245. The maximum atomic E-state index is 12.1. The third kappa shape index (κ3) is 4.14. The van der Waals surface area contributed by atoms with Gasteiger partial charge in [-0.3, -0.25) is 0 Å². The van der Waals surface area contributed by atoms with Crippen molar-refractivity contribution in [2.24, 2.45) is 0 Å². The molecule has 0 fully saturated rings. The number of hydrogen-bond acceptors (Lipinski definition) is 4. The molecule has 0 aromatic heterocycles. The van der Waals surface area contributed by atoms with Gasteiger partial charge in [0.05, 0.1) is 5.02 Å². The molecule has 0 aliphatic carbocycles. The molecule has 0 saturated carbocycles. The Morgan fingerprint density at radius 1 is 1.35 bits per heavy atom. The van der Waals surface area contributed by atoms with Crippen molar-refractivity contribution in [3.05, 3.63) is 34.9 Å². The van der Waals surface area contributed by atoms with Crippen molar-refractivity contribution in [1.82, 2.24) is 0 Å². The molecule has 0 saturated heterocycles. The minimum atomic E-state index is -5.81. The number of carboxylic acid groups (broad SMARTS) is 1. The van der Waals surface area contributed by atoms with Crippen molar-refractivity contribution in [3.63, 3.8) is 0 Å². The molecule has 0 amide bonds. The summed E-state index contributed by atoms with van der Waals surface area (Å²) in [6.07, 6.45) is 1.90. The highest BCUT2D eigenvalue weighted by Crippen LogP contribution is 2.32. The van der Waals surface area contributed by atoms with Crippen LogP contribution in [0, 0.1) is 0 Å². The molecule has 0 unspecified atom stereocenters. The highest BCUT2D eigenvalue weighted by molar-refractivity contribution is 7.88. The van der Waals surface area contributed by atoms with Gasteiger partial charge in [-0.15, -0.1) is 0 Å². The van der Waals surface area contributed by atoms with E-state index in [-0.39, 0.29) is 5.56 Å². The van der Waals surface area contributed by atoms with E-state index in [0.29, 0.717) is 0 Å². The first-order valence-corrected chi connectivity index (χ1v) is 6.53. The summed E-state index contributed by atoms with van der Waals surface area (Å²) in [6, 6.07) is 3.09. The molecule has 10 heteroatoms. The Bertz CT molecular complexity index is 651. The van der Waals surface area contributed by atoms with E-state index >= 15 is 0 Å². The van der Waals surface area contributed by atoms with Crippen LogP contribution in [0.1, 0.15) is 5.56 Å². The van der Waals surface area contributed by atoms with Crippen LogP contribution in [0.2, 0.25) is 5.02 Å². The molecular weight excluding hydrogens is 325 g/mol. The summed E-state index contributed by atoms with van der Waals surface area (Å²) in [5.74, 6) is -1.95. The molecule has 110 valence electrons. The average Bonchev–Trinajstić information content (AvgIpc) is 2.28. The number of halogens is 4. The van der Waals surface area contributed by atoms with Crippen LogP contribution < -0.4 is 4.18 Å². The number of rotatable bonds is 4. The van der Waals surface area contributed by atoms with Gasteiger partial charge in [0, 0.05) is 6.08 Å². The first-order chi connectivity index (χ1) is 9.03. The van der Waals surface area contributed by atoms with E-state index in [0.717, 1.165) is 30.4 Å². The second-order valence-corrected chi connectivity index (χ2v) is 5.29. The van der Waals surface area contributed by atoms with E-state index in [1.54, 1.807) is 0 Å². The number of aliphatic carboxylic acids is 1. The van der Waals surface area contributed by atoms with E-state index in [2.05, 4.69) is 4.18 Å². The Morgan fingerprint density at radius 3 is 2.40 bits per heavy atom. The maximum absolute atomic E-state index is 12.1. The predicted octanol–water partition coefficient (Wildman–Crippen LogP) is 2.67. The van der Waals surface area contributed by atoms with Gasteiger partial charge in [0.1, 0.15) is 0 Å². The molecule has 0 aliphatic rings. The summed E-state index contributed by atoms with van der Waals surface area (Å²) >= 11 is 5.56. The van der Waals surface area contributed by atoms with Crippen LogP contribution in [0.3, 0.4) is 0 Å². The fraction of sp³-hybridized carbons (Fsp3) is 0.100. The van der Waals surface area contributed by atoms with Gasteiger partial charge in [-0.25, -0.2) is 4.79 Å². The second kappa shape index (κ2) is 5.71. The molecule has 1 N–H and O–H groups in total. The number of carboxylic acids is 1. The third-order valence-corrected chi connectivity index (χ3v) is 3.12. The Kier molecular flexibility index (Phi) is 4.66. The minimum Gasteiger partial charge on any atom is -0.478 e. The lowest BCUT2D eigenvalue weighted by molar-refractivity contribution is -0.131. The van der Waals surface area contributed by atoms with Crippen LogP contribution in [0.15, 0.2) is 24.3 Å². The quantitative estimate of drug-likeness (QED) is 0.521. The van der Waals surface area contributed by atoms with Crippen molar-refractivity contribution >= 4 is 33.8 Å². The van der Waals surface area contributed by atoms with Gasteiger partial charge in [-0.1, -0.05) is 17.7 Å². The van der Waals surface area contributed by atoms with Gasteiger partial charge in [-0.05, 0) is 23.8 Å². The van der Waals surface area contributed by atoms with Gasteiger partial charge in [0.25, 0.3) is 0 Å². The van der Waals surface area contributed by atoms with Crippen LogP contribution in [0.4, 0.5) is 13.2 Å². The summed E-state index contributed by atoms with van der Waals surface area (Å²) in [5, 5.41) is 7.98. The van der Waals surface area contributed by atoms with E-state index in [1.807, 2.05) is 0 Å². The van der Waals surface area contributed by atoms with Crippen molar-refractivity contribution in [1.29, 1.82) is 0 Å². The van der Waals surface area contributed by atoms with E-state index in [9.17, 15) is 26.4 Å². The van der Waals surface area contributed by atoms with Gasteiger partial charge in [0.15, 0.2) is 5.75 Å². The monoisotopic (exact) mass is 330 g/mol. The Labute approximate surface area is 116 Å². The smallest absolute Gasteiger partial charge is 0.478 e. The number of benzene rings is 1. The molecule has 0 atom stereocenters. The topological polar surface area (TPSA) is 80.7 Å². The first kappa shape index (κ1) is 16.3. The highest BCUT2D eigenvalue weighted by Gasteiger charge is 2.48. The second-order valence-electron chi connectivity index (χ2n) is 3.34. The summed E-state index contributed by atoms with van der Waals surface area (Å²) in [6.45, 7) is 0. The molecule has 0 heterocycles. The largest absolute Gasteiger partial charge is 0.534 e. The van der Waals surface area contributed by atoms with Crippen LogP contribution in [0.25, 0.3) is 6.08 Å². The normalized spacial score (nSPS) is 12.6. The van der Waals surface area contributed by atoms with Crippen molar-refractivity contribution in [2.75, 3.05) is 0 Å². The lowest BCUT2D eigenvalue weighted by atomic mass is 10.2. The van der Waals surface area contributed by atoms with Crippen LogP contribution in [-0.2, 0) is 14.9 Å². The van der Waals surface area contributed by atoms with E-state index < -0.39 is 32.4 Å².